The molecule has 0 radical (unpaired) electrons. The number of nitrogens with one attached hydrogen (secondary N) is 2. The molecule has 4 aromatic rings. The zero-order valence-electron chi connectivity index (χ0n) is 16.3. The summed E-state index contributed by atoms with van der Waals surface area (Å²) in [6.45, 7) is -0.563. The Morgan fingerprint density at radius 3 is 2.67 bits per heavy atom. The predicted octanol–water partition coefficient (Wildman–Crippen LogP) is 4.24. The molecule has 12 heteroatoms. The number of pyridine rings is 1. The maximum Gasteiger partial charge on any atom is 0.263 e. The first-order valence-electron chi connectivity index (χ1n) is 9.10. The maximum atomic E-state index is 15.0. The van der Waals surface area contributed by atoms with E-state index < -0.39 is 44.4 Å². The van der Waals surface area contributed by atoms with E-state index in [1.807, 2.05) is 4.72 Å². The number of aliphatic hydroxyl groups excluding tert-OH is 1. The number of rotatable bonds is 4. The van der Waals surface area contributed by atoms with E-state index in [-0.39, 0.29) is 15.6 Å². The Morgan fingerprint density at radius 1 is 1.12 bits per heavy atom. The highest BCUT2D eigenvalue weighted by Crippen LogP contribution is 2.32. The Bertz CT molecular complexity index is 1560. The quantitative estimate of drug-likeness (QED) is 0.357. The lowest BCUT2D eigenvalue weighted by Gasteiger charge is -2.13. The minimum Gasteiger partial charge on any atom is -0.392 e. The average Bonchev–Trinajstić information content (AvgIpc) is 3.24. The van der Waals surface area contributed by atoms with Crippen LogP contribution in [0.4, 0.5) is 14.5 Å². The zero-order valence-corrected chi connectivity index (χ0v) is 18.7. The third-order valence-corrected chi connectivity index (χ3v) is 6.66. The molecule has 0 bridgehead atoms. The SMILES string of the molecule is O=S(=O)(Nc1ccc(F)c(C#Cc2cnc3[nH]ncc3c2)c1F)c1cc(Cl)cc(CO)c1Cl. The molecular weight excluding hydrogens is 497 g/mol. The normalized spacial score (nSPS) is 11.3. The molecule has 0 aliphatic rings. The lowest BCUT2D eigenvalue weighted by Crippen LogP contribution is -2.16. The standard InChI is InChI=1S/C21H12Cl2F2N4O3S/c22-14-6-13(10-30)19(23)18(7-14)33(31,32)29-17-4-3-16(24)15(20(17)25)2-1-11-5-12-9-27-28-21(12)26-8-11/h3-9,29-30H,10H2,(H,26,27,28). The van der Waals surface area contributed by atoms with Crippen molar-refractivity contribution in [3.8, 4) is 11.8 Å². The van der Waals surface area contributed by atoms with Crippen LogP contribution in [0.1, 0.15) is 16.7 Å². The smallest absolute Gasteiger partial charge is 0.263 e. The molecule has 2 heterocycles. The summed E-state index contributed by atoms with van der Waals surface area (Å²) in [5.41, 5.74) is -0.227. The second-order valence-corrected chi connectivity index (χ2v) is 9.17. The van der Waals surface area contributed by atoms with E-state index in [1.54, 1.807) is 6.07 Å². The Balaban J connectivity index is 1.71. The molecule has 168 valence electrons. The lowest BCUT2D eigenvalue weighted by atomic mass is 10.1. The molecule has 0 fully saturated rings. The first-order valence-corrected chi connectivity index (χ1v) is 11.3. The summed E-state index contributed by atoms with van der Waals surface area (Å²) < 4.78 is 57.0. The van der Waals surface area contributed by atoms with E-state index in [2.05, 4.69) is 27.0 Å². The molecule has 0 saturated heterocycles. The number of hydrogen-bond donors (Lipinski definition) is 3. The van der Waals surface area contributed by atoms with Crippen LogP contribution >= 0.6 is 23.2 Å². The van der Waals surface area contributed by atoms with Gasteiger partial charge in [0.15, 0.2) is 11.5 Å². The maximum absolute atomic E-state index is 15.0. The molecular formula is C21H12Cl2F2N4O3S. The van der Waals surface area contributed by atoms with E-state index in [1.165, 1.54) is 18.5 Å². The van der Waals surface area contributed by atoms with Gasteiger partial charge in [0.2, 0.25) is 0 Å². The summed E-state index contributed by atoms with van der Waals surface area (Å²) in [6.07, 6.45) is 2.92. The van der Waals surface area contributed by atoms with Crippen molar-refractivity contribution in [3.05, 3.63) is 81.1 Å². The van der Waals surface area contributed by atoms with E-state index in [4.69, 9.17) is 23.2 Å². The molecule has 0 amide bonds. The van der Waals surface area contributed by atoms with Crippen molar-refractivity contribution in [1.29, 1.82) is 0 Å². The average molecular weight is 509 g/mol. The molecule has 4 rings (SSSR count). The lowest BCUT2D eigenvalue weighted by molar-refractivity contribution is 0.281. The van der Waals surface area contributed by atoms with E-state index >= 15 is 4.39 Å². The van der Waals surface area contributed by atoms with Crippen LogP contribution in [-0.2, 0) is 16.6 Å². The summed E-state index contributed by atoms with van der Waals surface area (Å²) >= 11 is 12.0. The molecule has 3 N–H and O–H groups in total. The number of aliphatic hydroxyl groups is 1. The van der Waals surface area contributed by atoms with E-state index in [0.29, 0.717) is 16.6 Å². The molecule has 7 nitrogen and oxygen atoms in total. The topological polar surface area (TPSA) is 108 Å². The van der Waals surface area contributed by atoms with Gasteiger partial charge in [0.05, 0.1) is 29.1 Å². The highest BCUT2D eigenvalue weighted by atomic mass is 35.5. The van der Waals surface area contributed by atoms with Crippen LogP contribution < -0.4 is 4.72 Å². The van der Waals surface area contributed by atoms with Crippen LogP contribution in [-0.4, -0.2) is 28.7 Å². The van der Waals surface area contributed by atoms with E-state index in [0.717, 1.165) is 18.2 Å². The fourth-order valence-electron chi connectivity index (χ4n) is 2.91. The van der Waals surface area contributed by atoms with E-state index in [9.17, 15) is 17.9 Å². The first-order chi connectivity index (χ1) is 15.7. The van der Waals surface area contributed by atoms with Gasteiger partial charge in [-0.25, -0.2) is 22.2 Å². The van der Waals surface area contributed by atoms with Crippen LogP contribution in [0, 0.1) is 23.5 Å². The molecule has 0 aliphatic carbocycles. The molecule has 2 aromatic heterocycles. The predicted molar refractivity (Wildman–Crippen MR) is 119 cm³/mol. The van der Waals surface area contributed by atoms with Gasteiger partial charge < -0.3 is 5.11 Å². The van der Waals surface area contributed by atoms with Crippen molar-refractivity contribution in [2.75, 3.05) is 4.72 Å². The highest BCUT2D eigenvalue weighted by molar-refractivity contribution is 7.92. The number of anilines is 1. The largest absolute Gasteiger partial charge is 0.392 e. The number of fused-ring (bicyclic) bond motifs is 1. The molecule has 2 aromatic carbocycles. The van der Waals surface area contributed by atoms with Crippen LogP contribution in [0.3, 0.4) is 0 Å². The van der Waals surface area contributed by atoms with Crippen LogP contribution in [0.15, 0.2) is 47.6 Å². The summed E-state index contributed by atoms with van der Waals surface area (Å²) in [6, 6.07) is 5.76. The molecule has 0 atom stereocenters. The third kappa shape index (κ3) is 4.62. The fourth-order valence-corrected chi connectivity index (χ4v) is 4.90. The highest BCUT2D eigenvalue weighted by Gasteiger charge is 2.24. The number of aromatic amines is 1. The number of sulfonamides is 1. The number of benzene rings is 2. The summed E-state index contributed by atoms with van der Waals surface area (Å²) in [4.78, 5) is 3.61. The second-order valence-electron chi connectivity index (χ2n) is 6.71. The van der Waals surface area contributed by atoms with Crippen molar-refractivity contribution < 1.29 is 22.3 Å². The van der Waals surface area contributed by atoms with Crippen LogP contribution in [0.5, 0.6) is 0 Å². The van der Waals surface area contributed by atoms with Crippen molar-refractivity contribution in [2.45, 2.75) is 11.5 Å². The van der Waals surface area contributed by atoms with Gasteiger partial charge in [-0.1, -0.05) is 35.0 Å². The third-order valence-electron chi connectivity index (χ3n) is 4.50. The zero-order chi connectivity index (χ0) is 23.8. The van der Waals surface area contributed by atoms with Gasteiger partial charge >= 0.3 is 0 Å². The Morgan fingerprint density at radius 2 is 1.91 bits per heavy atom. The van der Waals surface area contributed by atoms with Crippen LogP contribution in [0.25, 0.3) is 11.0 Å². The Hall–Kier alpha value is -3.23. The van der Waals surface area contributed by atoms with Crippen molar-refractivity contribution in [2.24, 2.45) is 0 Å². The number of H-pyrrole nitrogens is 1. The van der Waals surface area contributed by atoms with Crippen molar-refractivity contribution >= 4 is 49.9 Å². The molecule has 33 heavy (non-hydrogen) atoms. The second kappa shape index (κ2) is 8.96. The van der Waals surface area contributed by atoms with Gasteiger partial charge in [-0.15, -0.1) is 0 Å². The van der Waals surface area contributed by atoms with Gasteiger partial charge in [0.25, 0.3) is 10.0 Å². The summed E-state index contributed by atoms with van der Waals surface area (Å²) in [5.74, 6) is 2.77. The minimum atomic E-state index is -4.44. The number of halogens is 4. The monoisotopic (exact) mass is 508 g/mol. The first kappa shape index (κ1) is 22.9. The minimum absolute atomic E-state index is 0.00170. The Kier molecular flexibility index (Phi) is 6.23. The summed E-state index contributed by atoms with van der Waals surface area (Å²) in [7, 11) is -4.44. The molecule has 0 saturated carbocycles. The van der Waals surface area contributed by atoms with Crippen molar-refractivity contribution in [3.63, 3.8) is 0 Å². The Labute approximate surface area is 196 Å². The van der Waals surface area contributed by atoms with Gasteiger partial charge in [-0.05, 0) is 35.9 Å². The van der Waals surface area contributed by atoms with Gasteiger partial charge in [-0.3, -0.25) is 9.82 Å². The summed E-state index contributed by atoms with van der Waals surface area (Å²) in [5, 5.41) is 16.2. The van der Waals surface area contributed by atoms with Gasteiger partial charge in [0.1, 0.15) is 10.7 Å². The van der Waals surface area contributed by atoms with Crippen LogP contribution in [0.2, 0.25) is 10.0 Å². The molecule has 0 aliphatic heterocycles. The molecule has 0 spiro atoms. The number of hydrogen-bond acceptors (Lipinski definition) is 5. The fraction of sp³-hybridized carbons (Fsp3) is 0.0476. The van der Waals surface area contributed by atoms with Gasteiger partial charge in [0, 0.05) is 22.2 Å². The molecule has 0 unspecified atom stereocenters. The number of nitrogens with zero attached hydrogens (tertiary/aromatic N) is 2. The van der Waals surface area contributed by atoms with Crippen molar-refractivity contribution in [1.82, 2.24) is 15.2 Å². The van der Waals surface area contributed by atoms with Gasteiger partial charge in [-0.2, -0.15) is 5.10 Å². The number of aromatic nitrogens is 3.